The van der Waals surface area contributed by atoms with Crippen molar-refractivity contribution in [3.05, 3.63) is 41.0 Å². The predicted octanol–water partition coefficient (Wildman–Crippen LogP) is 3.24. The minimum atomic E-state index is -0.162. The van der Waals surface area contributed by atoms with Crippen molar-refractivity contribution in [2.75, 3.05) is 41.7 Å². The maximum atomic E-state index is 13.4. The zero-order valence-corrected chi connectivity index (χ0v) is 17.1. The van der Waals surface area contributed by atoms with Gasteiger partial charge in [-0.1, -0.05) is 6.07 Å². The first kappa shape index (κ1) is 19.4. The highest BCUT2D eigenvalue weighted by atomic mass is 16.7. The predicted molar refractivity (Wildman–Crippen MR) is 107 cm³/mol. The van der Waals surface area contributed by atoms with Crippen molar-refractivity contribution in [3.8, 4) is 28.7 Å². The second-order valence-corrected chi connectivity index (χ2v) is 7.13. The van der Waals surface area contributed by atoms with Gasteiger partial charge in [-0.05, 0) is 37.2 Å². The van der Waals surface area contributed by atoms with Gasteiger partial charge in [0.15, 0.2) is 17.3 Å². The summed E-state index contributed by atoms with van der Waals surface area (Å²) in [5.41, 5.74) is 2.56. The molecule has 0 radical (unpaired) electrons. The average Bonchev–Trinajstić information content (AvgIpc) is 3.21. The normalized spacial score (nSPS) is 17.6. The van der Waals surface area contributed by atoms with Crippen LogP contribution in [0.2, 0.25) is 0 Å². The van der Waals surface area contributed by atoms with Gasteiger partial charge in [0.2, 0.25) is 12.5 Å². The molecular formula is C22H25NO6. The van der Waals surface area contributed by atoms with Gasteiger partial charge in [-0.2, -0.15) is 0 Å². The van der Waals surface area contributed by atoms with Crippen molar-refractivity contribution in [3.63, 3.8) is 0 Å². The molecule has 0 saturated carbocycles. The molecule has 1 atom stereocenters. The minimum absolute atomic E-state index is 0.0521. The van der Waals surface area contributed by atoms with Crippen LogP contribution in [-0.2, 0) is 6.42 Å². The van der Waals surface area contributed by atoms with Crippen molar-refractivity contribution in [1.82, 2.24) is 4.90 Å². The molecule has 2 aromatic carbocycles. The van der Waals surface area contributed by atoms with E-state index in [1.807, 2.05) is 13.1 Å². The number of rotatable bonds is 6. The lowest BCUT2D eigenvalue weighted by molar-refractivity contribution is 0.0919. The zero-order valence-electron chi connectivity index (χ0n) is 17.1. The van der Waals surface area contributed by atoms with Gasteiger partial charge < -0.3 is 23.7 Å². The summed E-state index contributed by atoms with van der Waals surface area (Å²) in [5, 5.41) is 0. The summed E-state index contributed by atoms with van der Waals surface area (Å²) in [6, 6.07) is 7.19. The first-order valence-electron chi connectivity index (χ1n) is 9.52. The molecule has 2 heterocycles. The Kier molecular flexibility index (Phi) is 5.24. The maximum absolute atomic E-state index is 13.4. The van der Waals surface area contributed by atoms with Gasteiger partial charge in [0.05, 0.1) is 21.3 Å². The highest BCUT2D eigenvalue weighted by Gasteiger charge is 2.35. The number of Topliss-reactive ketones (excluding diaryl/α,β-unsaturated/α-hetero) is 1. The van der Waals surface area contributed by atoms with Crippen LogP contribution in [0.15, 0.2) is 24.3 Å². The molecule has 0 fully saturated rings. The molecule has 154 valence electrons. The van der Waals surface area contributed by atoms with E-state index in [-0.39, 0.29) is 25.0 Å². The SMILES string of the molecule is COc1cccc(OC)c1C(=O)C[C@@H]1c2c(cc3c(c2OC)OCO3)CCN1C. The number of ketones is 1. The Morgan fingerprint density at radius 2 is 1.86 bits per heavy atom. The maximum Gasteiger partial charge on any atom is 0.231 e. The highest BCUT2D eigenvalue weighted by molar-refractivity contribution is 6.01. The number of nitrogens with zero attached hydrogens (tertiary/aromatic N) is 1. The van der Waals surface area contributed by atoms with Gasteiger partial charge in [0, 0.05) is 24.6 Å². The van der Waals surface area contributed by atoms with E-state index in [1.54, 1.807) is 39.5 Å². The number of ether oxygens (including phenoxy) is 5. The van der Waals surface area contributed by atoms with E-state index in [2.05, 4.69) is 4.90 Å². The number of likely N-dealkylation sites (N-methyl/N-ethyl adjacent to an activating group) is 1. The molecule has 29 heavy (non-hydrogen) atoms. The standard InChI is InChI=1S/C22H25NO6/c1-23-9-8-13-10-18-21(29-12-28-18)22(27-4)19(13)14(23)11-15(24)20-16(25-2)6-5-7-17(20)26-3/h5-7,10,14H,8-9,11-12H2,1-4H3/t14-/m1/s1. The number of benzene rings is 2. The Morgan fingerprint density at radius 1 is 1.14 bits per heavy atom. The fraction of sp³-hybridized carbons (Fsp3) is 0.409. The molecule has 0 N–H and O–H groups in total. The van der Waals surface area contributed by atoms with Crippen LogP contribution < -0.4 is 23.7 Å². The topological polar surface area (TPSA) is 66.5 Å². The van der Waals surface area contributed by atoms with E-state index >= 15 is 0 Å². The summed E-state index contributed by atoms with van der Waals surface area (Å²) < 4.78 is 27.8. The van der Waals surface area contributed by atoms with Crippen molar-refractivity contribution in [1.29, 1.82) is 0 Å². The summed E-state index contributed by atoms with van der Waals surface area (Å²) in [6.07, 6.45) is 1.11. The molecule has 0 saturated heterocycles. The molecule has 0 unspecified atom stereocenters. The molecule has 0 amide bonds. The molecule has 0 bridgehead atoms. The molecule has 2 aliphatic rings. The van der Waals surface area contributed by atoms with Crippen molar-refractivity contribution in [2.24, 2.45) is 0 Å². The molecule has 7 nitrogen and oxygen atoms in total. The van der Waals surface area contributed by atoms with Gasteiger partial charge in [-0.15, -0.1) is 0 Å². The summed E-state index contributed by atoms with van der Waals surface area (Å²) >= 11 is 0. The lowest BCUT2D eigenvalue weighted by Gasteiger charge is -2.35. The van der Waals surface area contributed by atoms with Gasteiger partial charge in [0.1, 0.15) is 17.1 Å². The Labute approximate surface area is 170 Å². The quantitative estimate of drug-likeness (QED) is 0.691. The fourth-order valence-corrected chi connectivity index (χ4v) is 4.19. The number of fused-ring (bicyclic) bond motifs is 2. The molecule has 0 aromatic heterocycles. The van der Waals surface area contributed by atoms with E-state index in [0.29, 0.717) is 34.3 Å². The number of carbonyl (C=O) groups excluding carboxylic acids is 1. The summed E-state index contributed by atoms with van der Waals surface area (Å²) in [4.78, 5) is 15.6. The Morgan fingerprint density at radius 3 is 2.52 bits per heavy atom. The zero-order chi connectivity index (χ0) is 20.5. The average molecular weight is 399 g/mol. The number of hydrogen-bond donors (Lipinski definition) is 0. The molecule has 2 aromatic rings. The van der Waals surface area contributed by atoms with E-state index < -0.39 is 0 Å². The third-order valence-corrected chi connectivity index (χ3v) is 5.63. The molecule has 7 heteroatoms. The molecule has 0 aliphatic carbocycles. The van der Waals surface area contributed by atoms with E-state index in [4.69, 9.17) is 23.7 Å². The van der Waals surface area contributed by atoms with E-state index in [1.165, 1.54) is 0 Å². The van der Waals surface area contributed by atoms with Crippen LogP contribution in [0.5, 0.6) is 28.7 Å². The second-order valence-electron chi connectivity index (χ2n) is 7.13. The van der Waals surface area contributed by atoms with Crippen molar-refractivity contribution in [2.45, 2.75) is 18.9 Å². The summed E-state index contributed by atoms with van der Waals surface area (Å²) in [7, 11) is 6.74. The van der Waals surface area contributed by atoms with E-state index in [9.17, 15) is 4.79 Å². The Bertz CT molecular complexity index is 919. The summed E-state index contributed by atoms with van der Waals surface area (Å²) in [5.74, 6) is 2.90. The molecule has 2 aliphatic heterocycles. The monoisotopic (exact) mass is 399 g/mol. The van der Waals surface area contributed by atoms with Crippen LogP contribution in [-0.4, -0.2) is 52.4 Å². The lowest BCUT2D eigenvalue weighted by Crippen LogP contribution is -2.34. The van der Waals surface area contributed by atoms with Gasteiger partial charge >= 0.3 is 0 Å². The molecular weight excluding hydrogens is 374 g/mol. The van der Waals surface area contributed by atoms with Crippen LogP contribution in [0.3, 0.4) is 0 Å². The largest absolute Gasteiger partial charge is 0.496 e. The van der Waals surface area contributed by atoms with Crippen LogP contribution in [0.4, 0.5) is 0 Å². The smallest absolute Gasteiger partial charge is 0.231 e. The van der Waals surface area contributed by atoms with Gasteiger partial charge in [0.25, 0.3) is 0 Å². The molecule has 4 rings (SSSR count). The van der Waals surface area contributed by atoms with Crippen LogP contribution >= 0.6 is 0 Å². The van der Waals surface area contributed by atoms with Crippen molar-refractivity contribution >= 4 is 5.78 Å². The van der Waals surface area contributed by atoms with Crippen LogP contribution in [0, 0.1) is 0 Å². The lowest BCUT2D eigenvalue weighted by atomic mass is 9.87. The Balaban J connectivity index is 1.76. The fourth-order valence-electron chi connectivity index (χ4n) is 4.19. The summed E-state index contributed by atoms with van der Waals surface area (Å²) in [6.45, 7) is 1.00. The third kappa shape index (κ3) is 3.25. The number of hydrogen-bond acceptors (Lipinski definition) is 7. The second kappa shape index (κ2) is 7.83. The number of methoxy groups -OCH3 is 3. The highest BCUT2D eigenvalue weighted by Crippen LogP contribution is 2.50. The molecule has 0 spiro atoms. The first-order valence-corrected chi connectivity index (χ1v) is 9.52. The van der Waals surface area contributed by atoms with Gasteiger partial charge in [-0.25, -0.2) is 0 Å². The first-order chi connectivity index (χ1) is 14.1. The Hall–Kier alpha value is -2.93. The van der Waals surface area contributed by atoms with Crippen LogP contribution in [0.25, 0.3) is 0 Å². The van der Waals surface area contributed by atoms with Crippen molar-refractivity contribution < 1.29 is 28.5 Å². The number of carbonyl (C=O) groups is 1. The van der Waals surface area contributed by atoms with Crippen LogP contribution in [0.1, 0.15) is 33.9 Å². The third-order valence-electron chi connectivity index (χ3n) is 5.63. The minimum Gasteiger partial charge on any atom is -0.496 e. The van der Waals surface area contributed by atoms with E-state index in [0.717, 1.165) is 24.1 Å². The van der Waals surface area contributed by atoms with Gasteiger partial charge in [-0.3, -0.25) is 9.69 Å².